The molecule has 3 aromatic carbocycles. The highest BCUT2D eigenvalue weighted by Crippen LogP contribution is 2.46. The number of rotatable bonds is 5. The number of hydrogen-bond acceptors (Lipinski definition) is 6. The first-order valence-corrected chi connectivity index (χ1v) is 13.4. The molecule has 5 rings (SSSR count). The van der Waals surface area contributed by atoms with E-state index in [4.69, 9.17) is 9.47 Å². The Balaban J connectivity index is 1.74. The summed E-state index contributed by atoms with van der Waals surface area (Å²) in [6.07, 6.45) is 0.181. The van der Waals surface area contributed by atoms with Crippen molar-refractivity contribution in [2.75, 3.05) is 27.3 Å². The molecule has 3 aromatic rings. The first kappa shape index (κ1) is 24.9. The van der Waals surface area contributed by atoms with Crippen LogP contribution in [0, 0.1) is 12.8 Å². The summed E-state index contributed by atoms with van der Waals surface area (Å²) in [6.45, 7) is 2.19. The number of aryl methyl sites for hydroxylation is 1. The number of fused-ring (bicyclic) bond motifs is 2. The molecule has 0 N–H and O–H groups in total. The molecule has 2 aliphatic rings. The van der Waals surface area contributed by atoms with Crippen LogP contribution in [0.3, 0.4) is 0 Å². The molecule has 1 heterocycles. The van der Waals surface area contributed by atoms with Gasteiger partial charge in [0.15, 0.2) is 0 Å². The monoisotopic (exact) mass is 517 g/mol. The van der Waals surface area contributed by atoms with E-state index < -0.39 is 22.0 Å². The van der Waals surface area contributed by atoms with Gasteiger partial charge in [-0.3, -0.25) is 0 Å². The molecule has 0 spiro atoms. The number of esters is 2. The van der Waals surface area contributed by atoms with Crippen LogP contribution in [0.1, 0.15) is 17.5 Å². The summed E-state index contributed by atoms with van der Waals surface area (Å²) in [7, 11) is -1.26. The zero-order valence-electron chi connectivity index (χ0n) is 20.9. The largest absolute Gasteiger partial charge is 0.466 e. The van der Waals surface area contributed by atoms with Crippen LogP contribution in [-0.2, 0) is 29.1 Å². The predicted molar refractivity (Wildman–Crippen MR) is 140 cm³/mol. The van der Waals surface area contributed by atoms with Crippen molar-refractivity contribution in [3.8, 4) is 0 Å². The van der Waals surface area contributed by atoms with Gasteiger partial charge < -0.3 is 9.47 Å². The van der Waals surface area contributed by atoms with Gasteiger partial charge in [-0.15, -0.1) is 0 Å². The fraction of sp³-hybridized carbons (Fsp3) is 0.241. The first-order chi connectivity index (χ1) is 17.8. The number of carbonyl (C=O) groups excluding carboxylic acids is 2. The van der Waals surface area contributed by atoms with Crippen LogP contribution >= 0.6 is 0 Å². The maximum atomic E-state index is 13.6. The minimum absolute atomic E-state index is 0.106. The van der Waals surface area contributed by atoms with Crippen LogP contribution < -0.4 is 0 Å². The lowest BCUT2D eigenvalue weighted by Crippen LogP contribution is -2.29. The van der Waals surface area contributed by atoms with Crippen LogP contribution in [0.5, 0.6) is 0 Å². The summed E-state index contributed by atoms with van der Waals surface area (Å²) in [5.74, 6) is -1.58. The Morgan fingerprint density at radius 3 is 2.27 bits per heavy atom. The van der Waals surface area contributed by atoms with Crippen molar-refractivity contribution in [2.24, 2.45) is 5.92 Å². The van der Waals surface area contributed by atoms with Crippen molar-refractivity contribution in [1.82, 2.24) is 4.31 Å². The van der Waals surface area contributed by atoms with Crippen LogP contribution in [-0.4, -0.2) is 52.0 Å². The van der Waals surface area contributed by atoms with E-state index >= 15 is 0 Å². The van der Waals surface area contributed by atoms with E-state index in [1.165, 1.54) is 18.5 Å². The van der Waals surface area contributed by atoms with E-state index in [0.717, 1.165) is 27.5 Å². The van der Waals surface area contributed by atoms with Crippen LogP contribution in [0.4, 0.5) is 0 Å². The molecule has 1 atom stereocenters. The van der Waals surface area contributed by atoms with E-state index in [1.807, 2.05) is 49.4 Å². The van der Waals surface area contributed by atoms with Gasteiger partial charge in [-0.2, -0.15) is 4.31 Å². The van der Waals surface area contributed by atoms with Gasteiger partial charge in [0.05, 0.1) is 30.3 Å². The molecule has 1 aliphatic heterocycles. The predicted octanol–water partition coefficient (Wildman–Crippen LogP) is 4.27. The standard InChI is InChI=1S/C29H27NO6S/c1-18-11-13-21(14-12-18)37(33,34)30-16-20-15-24(28(31)35-2)27(29(32)36-3)26(25(20)17-30)23-10-6-8-19-7-4-5-9-22(19)23/h4-14,20H,15-17H2,1-3H3. The number of hydrogen-bond donors (Lipinski definition) is 0. The van der Waals surface area contributed by atoms with E-state index in [9.17, 15) is 18.0 Å². The Morgan fingerprint density at radius 1 is 0.892 bits per heavy atom. The molecule has 0 bridgehead atoms. The average Bonchev–Trinajstić information content (AvgIpc) is 3.36. The SMILES string of the molecule is COC(=O)C1=C(C(=O)OC)C(c2cccc3ccccc23)=C2CN(S(=O)(=O)c3ccc(C)cc3)CC2C1. The highest BCUT2D eigenvalue weighted by Gasteiger charge is 2.44. The van der Waals surface area contributed by atoms with Gasteiger partial charge in [0, 0.05) is 19.0 Å². The minimum atomic E-state index is -3.80. The molecule has 7 nitrogen and oxygen atoms in total. The lowest BCUT2D eigenvalue weighted by molar-refractivity contribution is -0.139. The van der Waals surface area contributed by atoms with Crippen molar-refractivity contribution in [3.63, 3.8) is 0 Å². The van der Waals surface area contributed by atoms with Crippen LogP contribution in [0.15, 0.2) is 88.3 Å². The smallest absolute Gasteiger partial charge is 0.339 e. The van der Waals surface area contributed by atoms with Gasteiger partial charge in [-0.05, 0) is 53.0 Å². The highest BCUT2D eigenvalue weighted by molar-refractivity contribution is 7.89. The Morgan fingerprint density at radius 2 is 1.57 bits per heavy atom. The topological polar surface area (TPSA) is 90.0 Å². The van der Waals surface area contributed by atoms with Crippen molar-refractivity contribution in [3.05, 3.63) is 94.6 Å². The molecular weight excluding hydrogens is 490 g/mol. The third-order valence-corrected chi connectivity index (χ3v) is 8.95. The second-order valence-corrected chi connectivity index (χ2v) is 11.2. The first-order valence-electron chi connectivity index (χ1n) is 11.9. The lowest BCUT2D eigenvalue weighted by Gasteiger charge is -2.27. The molecule has 0 amide bonds. The molecule has 190 valence electrons. The van der Waals surface area contributed by atoms with Crippen LogP contribution in [0.25, 0.3) is 16.3 Å². The molecule has 0 aromatic heterocycles. The number of sulfonamides is 1. The second kappa shape index (κ2) is 9.61. The third-order valence-electron chi connectivity index (χ3n) is 7.13. The van der Waals surface area contributed by atoms with Crippen molar-refractivity contribution < 1.29 is 27.5 Å². The summed E-state index contributed by atoms with van der Waals surface area (Å²) >= 11 is 0. The van der Waals surface area contributed by atoms with Crippen molar-refractivity contribution in [2.45, 2.75) is 18.2 Å². The second-order valence-electron chi connectivity index (χ2n) is 9.28. The molecule has 1 unspecified atom stereocenters. The van der Waals surface area contributed by atoms with Gasteiger partial charge in [-0.25, -0.2) is 18.0 Å². The normalized spacial score (nSPS) is 18.2. The Hall–Kier alpha value is -3.75. The third kappa shape index (κ3) is 4.26. The molecule has 1 saturated heterocycles. The molecule has 37 heavy (non-hydrogen) atoms. The maximum Gasteiger partial charge on any atom is 0.339 e. The molecule has 1 aliphatic carbocycles. The number of ether oxygens (including phenoxy) is 2. The van der Waals surface area contributed by atoms with Crippen molar-refractivity contribution >= 4 is 38.3 Å². The average molecular weight is 518 g/mol. The summed E-state index contributed by atoms with van der Waals surface area (Å²) in [5.41, 5.74) is 3.37. The zero-order valence-corrected chi connectivity index (χ0v) is 21.7. The number of carbonyl (C=O) groups is 2. The Labute approximate surface area is 216 Å². The summed E-state index contributed by atoms with van der Waals surface area (Å²) in [5, 5.41) is 1.85. The number of nitrogens with zero attached hydrogens (tertiary/aromatic N) is 1. The minimum Gasteiger partial charge on any atom is -0.466 e. The lowest BCUT2D eigenvalue weighted by atomic mass is 9.76. The summed E-state index contributed by atoms with van der Waals surface area (Å²) in [4.78, 5) is 26.3. The Kier molecular flexibility index (Phi) is 6.47. The van der Waals surface area contributed by atoms with E-state index in [2.05, 4.69) is 0 Å². The van der Waals surface area contributed by atoms with E-state index in [0.29, 0.717) is 5.57 Å². The van der Waals surface area contributed by atoms with E-state index in [1.54, 1.807) is 24.3 Å². The summed E-state index contributed by atoms with van der Waals surface area (Å²) < 4.78 is 38.8. The molecule has 0 saturated carbocycles. The van der Waals surface area contributed by atoms with Gasteiger partial charge in [0.1, 0.15) is 0 Å². The van der Waals surface area contributed by atoms with E-state index in [-0.39, 0.29) is 41.5 Å². The Bertz CT molecular complexity index is 1580. The summed E-state index contributed by atoms with van der Waals surface area (Å²) in [6, 6.07) is 20.2. The fourth-order valence-corrected chi connectivity index (χ4v) is 6.76. The van der Waals surface area contributed by atoms with Gasteiger partial charge in [-0.1, -0.05) is 60.2 Å². The fourth-order valence-electron chi connectivity index (χ4n) is 5.30. The molecule has 1 fully saturated rings. The molecular formula is C29H27NO6S. The molecule has 0 radical (unpaired) electrons. The van der Waals surface area contributed by atoms with Gasteiger partial charge in [0.25, 0.3) is 0 Å². The zero-order chi connectivity index (χ0) is 26.3. The van der Waals surface area contributed by atoms with Crippen molar-refractivity contribution in [1.29, 1.82) is 0 Å². The maximum absolute atomic E-state index is 13.6. The van der Waals surface area contributed by atoms with Crippen LogP contribution in [0.2, 0.25) is 0 Å². The molecule has 8 heteroatoms. The number of methoxy groups -OCH3 is 2. The number of benzene rings is 3. The highest BCUT2D eigenvalue weighted by atomic mass is 32.2. The van der Waals surface area contributed by atoms with Gasteiger partial charge >= 0.3 is 11.9 Å². The quantitative estimate of drug-likeness (QED) is 0.470. The van der Waals surface area contributed by atoms with Gasteiger partial charge in [0.2, 0.25) is 10.0 Å².